The van der Waals surface area contributed by atoms with Crippen molar-refractivity contribution in [3.63, 3.8) is 0 Å². The molecule has 1 unspecified atom stereocenters. The van der Waals surface area contributed by atoms with Crippen molar-refractivity contribution in [3.8, 4) is 0 Å². The summed E-state index contributed by atoms with van der Waals surface area (Å²) in [6, 6.07) is 0. The van der Waals surface area contributed by atoms with E-state index >= 15 is 0 Å². The molecule has 1 aliphatic rings. The second kappa shape index (κ2) is 7.04. The van der Waals surface area contributed by atoms with Crippen LogP contribution in [0.2, 0.25) is 0 Å². The summed E-state index contributed by atoms with van der Waals surface area (Å²) >= 11 is 5.66. The Bertz CT molecular complexity index is 195. The predicted octanol–water partition coefficient (Wildman–Crippen LogP) is 0.737. The molecule has 4 nitrogen and oxygen atoms in total. The van der Waals surface area contributed by atoms with Crippen molar-refractivity contribution in [2.75, 3.05) is 45.9 Å². The molecule has 1 amide bonds. The third-order valence-corrected chi connectivity index (χ3v) is 2.68. The van der Waals surface area contributed by atoms with E-state index in [1.807, 2.05) is 0 Å². The molecule has 0 aliphatic carbocycles. The minimum absolute atomic E-state index is 0.0186. The highest BCUT2D eigenvalue weighted by molar-refractivity contribution is 6.18. The molecular formula is C10H18ClNO3. The van der Waals surface area contributed by atoms with E-state index in [0.29, 0.717) is 38.8 Å². The minimum atomic E-state index is 0.0186. The van der Waals surface area contributed by atoms with E-state index in [1.54, 1.807) is 12.0 Å². The normalized spacial score (nSPS) is 20.5. The third-order valence-electron chi connectivity index (χ3n) is 2.51. The lowest BCUT2D eigenvalue weighted by molar-refractivity contribution is -0.135. The molecule has 1 aliphatic heterocycles. The average Bonchev–Trinajstić information content (AvgIpc) is 2.76. The van der Waals surface area contributed by atoms with Crippen LogP contribution < -0.4 is 0 Å². The fraction of sp³-hybridized carbons (Fsp3) is 0.900. The molecule has 0 spiro atoms. The van der Waals surface area contributed by atoms with Gasteiger partial charge in [-0.3, -0.25) is 4.79 Å². The minimum Gasteiger partial charge on any atom is -0.383 e. The average molecular weight is 236 g/mol. The van der Waals surface area contributed by atoms with Gasteiger partial charge in [-0.15, -0.1) is 11.6 Å². The number of amides is 1. The van der Waals surface area contributed by atoms with Gasteiger partial charge < -0.3 is 14.4 Å². The lowest BCUT2D eigenvalue weighted by atomic mass is 10.1. The van der Waals surface area contributed by atoms with E-state index in [2.05, 4.69) is 0 Å². The van der Waals surface area contributed by atoms with Crippen molar-refractivity contribution in [3.05, 3.63) is 0 Å². The summed E-state index contributed by atoms with van der Waals surface area (Å²) in [5.74, 6) is 0.624. The lowest BCUT2D eigenvalue weighted by Crippen LogP contribution is -2.39. The van der Waals surface area contributed by atoms with Crippen LogP contribution in [0.25, 0.3) is 0 Å². The quantitative estimate of drug-likeness (QED) is 0.638. The number of rotatable bonds is 6. The van der Waals surface area contributed by atoms with Crippen LogP contribution >= 0.6 is 11.6 Å². The number of ether oxygens (including phenoxy) is 2. The summed E-state index contributed by atoms with van der Waals surface area (Å²) in [5.41, 5.74) is 0. The summed E-state index contributed by atoms with van der Waals surface area (Å²) < 4.78 is 10.2. The van der Waals surface area contributed by atoms with Crippen molar-refractivity contribution in [2.24, 2.45) is 5.92 Å². The molecule has 0 saturated carbocycles. The van der Waals surface area contributed by atoms with Gasteiger partial charge in [0.1, 0.15) is 0 Å². The largest absolute Gasteiger partial charge is 0.383 e. The Balaban J connectivity index is 2.41. The summed E-state index contributed by atoms with van der Waals surface area (Å²) in [7, 11) is 1.63. The van der Waals surface area contributed by atoms with Crippen LogP contribution in [0.3, 0.4) is 0 Å². The Morgan fingerprint density at radius 1 is 1.60 bits per heavy atom. The van der Waals surface area contributed by atoms with Gasteiger partial charge in [-0.1, -0.05) is 0 Å². The highest BCUT2D eigenvalue weighted by atomic mass is 35.5. The molecule has 5 heteroatoms. The second-order valence-electron chi connectivity index (χ2n) is 3.57. The van der Waals surface area contributed by atoms with Crippen LogP contribution in [0.4, 0.5) is 0 Å². The molecule has 88 valence electrons. The summed E-state index contributed by atoms with van der Waals surface area (Å²) in [6.07, 6.45) is 0.824. The molecule has 0 bridgehead atoms. The molecule has 15 heavy (non-hydrogen) atoms. The smallest absolute Gasteiger partial charge is 0.228 e. The van der Waals surface area contributed by atoms with Gasteiger partial charge in [0.15, 0.2) is 0 Å². The Hall–Kier alpha value is -0.320. The topological polar surface area (TPSA) is 38.8 Å². The van der Waals surface area contributed by atoms with Crippen molar-refractivity contribution in [2.45, 2.75) is 6.42 Å². The van der Waals surface area contributed by atoms with Gasteiger partial charge in [0.05, 0.1) is 19.1 Å². The van der Waals surface area contributed by atoms with Crippen LogP contribution in [0.1, 0.15) is 6.42 Å². The number of alkyl halides is 1. The maximum absolute atomic E-state index is 12.0. The molecule has 0 aromatic rings. The lowest BCUT2D eigenvalue weighted by Gasteiger charge is -2.23. The molecular weight excluding hydrogens is 218 g/mol. The Morgan fingerprint density at radius 2 is 2.40 bits per heavy atom. The molecule has 1 fully saturated rings. The fourth-order valence-electron chi connectivity index (χ4n) is 1.62. The predicted molar refractivity (Wildman–Crippen MR) is 58.1 cm³/mol. The Morgan fingerprint density at radius 3 is 2.93 bits per heavy atom. The van der Waals surface area contributed by atoms with Crippen molar-refractivity contribution in [1.29, 1.82) is 0 Å². The Labute approximate surface area is 95.5 Å². The van der Waals surface area contributed by atoms with E-state index in [9.17, 15) is 4.79 Å². The van der Waals surface area contributed by atoms with Gasteiger partial charge in [0, 0.05) is 32.7 Å². The number of carbonyl (C=O) groups excluding carboxylic acids is 1. The molecule has 0 aromatic carbocycles. The van der Waals surface area contributed by atoms with Gasteiger partial charge >= 0.3 is 0 Å². The maximum atomic E-state index is 12.0. The van der Waals surface area contributed by atoms with Gasteiger partial charge in [-0.25, -0.2) is 0 Å². The van der Waals surface area contributed by atoms with Gasteiger partial charge in [0.25, 0.3) is 0 Å². The van der Waals surface area contributed by atoms with E-state index in [1.165, 1.54) is 0 Å². The van der Waals surface area contributed by atoms with Crippen LogP contribution in [0.5, 0.6) is 0 Å². The van der Waals surface area contributed by atoms with Gasteiger partial charge in [0.2, 0.25) is 5.91 Å². The summed E-state index contributed by atoms with van der Waals surface area (Å²) in [5, 5.41) is 0. The molecule has 1 saturated heterocycles. The number of nitrogens with zero attached hydrogens (tertiary/aromatic N) is 1. The first-order valence-corrected chi connectivity index (χ1v) is 5.74. The first-order chi connectivity index (χ1) is 7.29. The SMILES string of the molecule is COCCN(CCCl)C(=O)C1CCOC1. The van der Waals surface area contributed by atoms with Crippen molar-refractivity contribution in [1.82, 2.24) is 4.90 Å². The first kappa shape index (κ1) is 12.7. The summed E-state index contributed by atoms with van der Waals surface area (Å²) in [4.78, 5) is 13.7. The van der Waals surface area contributed by atoms with Crippen molar-refractivity contribution >= 4 is 17.5 Å². The molecule has 1 rings (SSSR count). The van der Waals surface area contributed by atoms with Crippen molar-refractivity contribution < 1.29 is 14.3 Å². The second-order valence-corrected chi connectivity index (χ2v) is 3.95. The number of carbonyl (C=O) groups is 1. The monoisotopic (exact) mass is 235 g/mol. The Kier molecular flexibility index (Phi) is 5.98. The number of hydrogen-bond acceptors (Lipinski definition) is 3. The molecule has 0 radical (unpaired) electrons. The highest BCUT2D eigenvalue weighted by Gasteiger charge is 2.27. The van der Waals surface area contributed by atoms with E-state index in [-0.39, 0.29) is 11.8 Å². The highest BCUT2D eigenvalue weighted by Crippen LogP contribution is 2.15. The van der Waals surface area contributed by atoms with Crippen LogP contribution in [-0.4, -0.2) is 56.7 Å². The maximum Gasteiger partial charge on any atom is 0.228 e. The fourth-order valence-corrected chi connectivity index (χ4v) is 1.83. The standard InChI is InChI=1S/C10H18ClNO3/c1-14-7-5-12(4-3-11)10(13)9-2-6-15-8-9/h9H,2-8H2,1H3. The molecule has 0 aromatic heterocycles. The summed E-state index contributed by atoms with van der Waals surface area (Å²) in [6.45, 7) is 2.98. The molecule has 1 atom stereocenters. The number of hydrogen-bond donors (Lipinski definition) is 0. The zero-order valence-corrected chi connectivity index (χ0v) is 9.83. The van der Waals surface area contributed by atoms with Crippen LogP contribution in [-0.2, 0) is 14.3 Å². The zero-order valence-electron chi connectivity index (χ0n) is 9.08. The number of methoxy groups -OCH3 is 1. The van der Waals surface area contributed by atoms with E-state index < -0.39 is 0 Å². The van der Waals surface area contributed by atoms with E-state index in [4.69, 9.17) is 21.1 Å². The van der Waals surface area contributed by atoms with Gasteiger partial charge in [-0.2, -0.15) is 0 Å². The van der Waals surface area contributed by atoms with Gasteiger partial charge in [-0.05, 0) is 6.42 Å². The number of halogens is 1. The zero-order chi connectivity index (χ0) is 11.1. The third kappa shape index (κ3) is 3.97. The van der Waals surface area contributed by atoms with Crippen LogP contribution in [0.15, 0.2) is 0 Å². The molecule has 1 heterocycles. The van der Waals surface area contributed by atoms with Crippen LogP contribution in [0, 0.1) is 5.92 Å². The first-order valence-electron chi connectivity index (χ1n) is 5.21. The van der Waals surface area contributed by atoms with E-state index in [0.717, 1.165) is 6.42 Å². The molecule has 0 N–H and O–H groups in total.